The van der Waals surface area contributed by atoms with Crippen molar-refractivity contribution in [2.24, 2.45) is 0 Å². The second kappa shape index (κ2) is 18.6. The number of benzene rings is 3. The summed E-state index contributed by atoms with van der Waals surface area (Å²) in [7, 11) is 0. The summed E-state index contributed by atoms with van der Waals surface area (Å²) in [6.07, 6.45) is 15.3. The van der Waals surface area contributed by atoms with E-state index < -0.39 is 0 Å². The van der Waals surface area contributed by atoms with Crippen LogP contribution in [0.1, 0.15) is 62.8 Å². The van der Waals surface area contributed by atoms with Gasteiger partial charge < -0.3 is 24.8 Å². The summed E-state index contributed by atoms with van der Waals surface area (Å²) in [4.78, 5) is 0. The van der Waals surface area contributed by atoms with Gasteiger partial charge in [-0.05, 0) is 35.1 Å². The van der Waals surface area contributed by atoms with Crippen LogP contribution in [0.5, 0.6) is 0 Å². The number of aryl methyl sites for hydroxylation is 2. The molecule has 2 aliphatic rings. The molecule has 0 bridgehead atoms. The van der Waals surface area contributed by atoms with E-state index in [4.69, 9.17) is 0 Å². The second-order valence-corrected chi connectivity index (χ2v) is 16.8. The van der Waals surface area contributed by atoms with Crippen LogP contribution in [-0.4, -0.2) is 5.43 Å². The minimum atomic E-state index is -0.122. The summed E-state index contributed by atoms with van der Waals surface area (Å²) < 4.78 is 0. The Morgan fingerprint density at radius 1 is 0.641 bits per heavy atom. The smallest absolute Gasteiger partial charge is 1.00 e. The summed E-state index contributed by atoms with van der Waals surface area (Å²) in [5.41, 5.74) is 10.9. The number of allylic oxidation sites excluding steroid dienone is 8. The van der Waals surface area contributed by atoms with Crippen molar-refractivity contribution in [2.75, 3.05) is 0 Å². The van der Waals surface area contributed by atoms with Crippen LogP contribution in [0.15, 0.2) is 102 Å². The van der Waals surface area contributed by atoms with Gasteiger partial charge in [-0.1, -0.05) is 76.2 Å². The van der Waals surface area contributed by atoms with Crippen molar-refractivity contribution < 1.29 is 48.1 Å². The fourth-order valence-corrected chi connectivity index (χ4v) is 6.44. The van der Waals surface area contributed by atoms with Gasteiger partial charge in [0.25, 0.3) is 0 Å². The molecule has 0 saturated heterocycles. The molecule has 0 aliphatic heterocycles. The molecule has 4 heteroatoms. The Labute approximate surface area is 264 Å². The number of rotatable bonds is 5. The standard InChI is InChI=1S/2C14H15.C7H8Si.2ClH.Zr/c2*1-3-12-6-4-5-7-14(12)13-9-8-11(2)10-13;1-8-7-5-3-2-4-6-7;;;/h2*4-7,10H,3,9H2,1-2H3;2-6H,1H3;2*1H;/q2*-1;;;;+2/p-2. The van der Waals surface area contributed by atoms with Gasteiger partial charge in [-0.15, -0.1) is 24.0 Å². The Morgan fingerprint density at radius 2 is 1.03 bits per heavy atom. The molecule has 0 amide bonds. The van der Waals surface area contributed by atoms with Gasteiger partial charge in [0.2, 0.25) is 0 Å². The first kappa shape index (κ1) is 35.3. The molecule has 0 saturated carbocycles. The van der Waals surface area contributed by atoms with Crippen LogP contribution in [0.4, 0.5) is 0 Å². The molecular formula is C35H38Cl2SiZr-2. The molecule has 202 valence electrons. The molecule has 3 aromatic carbocycles. The number of hydrogen-bond acceptors (Lipinski definition) is 0. The third-order valence-corrected chi connectivity index (χ3v) is 9.92. The molecule has 0 radical (unpaired) electrons. The first-order valence-corrected chi connectivity index (χ1v) is 18.9. The van der Waals surface area contributed by atoms with E-state index in [1.807, 2.05) is 0 Å². The summed E-state index contributed by atoms with van der Waals surface area (Å²) in [5.74, 6) is 0. The molecule has 0 atom stereocenters. The predicted octanol–water partition coefficient (Wildman–Crippen LogP) is 2.64. The van der Waals surface area contributed by atoms with Crippen molar-refractivity contribution in [3.05, 3.63) is 137 Å². The minimum absolute atomic E-state index is 0. The Morgan fingerprint density at radius 3 is 1.33 bits per heavy atom. The molecular weight excluding hydrogens is 611 g/mol. The van der Waals surface area contributed by atoms with Crippen LogP contribution in [0, 0.1) is 12.2 Å². The first-order chi connectivity index (χ1) is 17.9. The van der Waals surface area contributed by atoms with E-state index >= 15 is 0 Å². The van der Waals surface area contributed by atoms with E-state index in [9.17, 15) is 0 Å². The summed E-state index contributed by atoms with van der Waals surface area (Å²) in [6, 6.07) is 28.1. The predicted molar refractivity (Wildman–Crippen MR) is 159 cm³/mol. The average molecular weight is 649 g/mol. The summed E-state index contributed by atoms with van der Waals surface area (Å²) >= 11 is 1.69. The molecule has 5 rings (SSSR count). The largest absolute Gasteiger partial charge is 1.00 e. The Bertz CT molecular complexity index is 1250. The van der Waals surface area contributed by atoms with E-state index in [2.05, 4.69) is 137 Å². The zero-order valence-corrected chi connectivity index (χ0v) is 28.7. The fraction of sp³-hybridized carbons (Fsp3) is 0.257. The van der Waals surface area contributed by atoms with E-state index in [0.717, 1.165) is 25.7 Å². The van der Waals surface area contributed by atoms with Crippen LogP contribution in [0.2, 0.25) is 6.55 Å². The molecule has 0 aromatic heterocycles. The quantitative estimate of drug-likeness (QED) is 0.295. The summed E-state index contributed by atoms with van der Waals surface area (Å²) in [6.45, 7) is 11.0. The SMILES string of the molecule is CCc1ccccc1C1=CC(C)=[C-]C1.CCc1ccccc1C1=CC(C)=[C-]C1.C[Si](=[Zr+2])c1ccccc1.[Cl-].[Cl-]. The van der Waals surface area contributed by atoms with Gasteiger partial charge in [0, 0.05) is 0 Å². The molecule has 2 aliphatic carbocycles. The molecule has 39 heavy (non-hydrogen) atoms. The van der Waals surface area contributed by atoms with Crippen LogP contribution in [-0.2, 0) is 36.2 Å². The zero-order chi connectivity index (χ0) is 26.6. The van der Waals surface area contributed by atoms with Crippen LogP contribution in [0.3, 0.4) is 0 Å². The van der Waals surface area contributed by atoms with Gasteiger partial charge in [0.05, 0.1) is 0 Å². The number of hydrogen-bond donors (Lipinski definition) is 0. The monoisotopic (exact) mass is 646 g/mol. The van der Waals surface area contributed by atoms with Gasteiger partial charge in [-0.25, -0.2) is 23.3 Å². The topological polar surface area (TPSA) is 0 Å². The molecule has 0 spiro atoms. The van der Waals surface area contributed by atoms with Crippen molar-refractivity contribution >= 4 is 21.8 Å². The van der Waals surface area contributed by atoms with Crippen LogP contribution in [0.25, 0.3) is 11.1 Å². The third kappa shape index (κ3) is 11.0. The minimum Gasteiger partial charge on any atom is -1.00 e. The van der Waals surface area contributed by atoms with Crippen LogP contribution >= 0.6 is 0 Å². The maximum absolute atomic E-state index is 3.34. The van der Waals surface area contributed by atoms with Gasteiger partial charge in [0.15, 0.2) is 0 Å². The Hall–Kier alpha value is -1.70. The van der Waals surface area contributed by atoms with Gasteiger partial charge >= 0.3 is 70.8 Å². The van der Waals surface area contributed by atoms with Gasteiger partial charge in [0.1, 0.15) is 0 Å². The van der Waals surface area contributed by atoms with E-state index in [0.29, 0.717) is 0 Å². The third-order valence-electron chi connectivity index (χ3n) is 6.59. The van der Waals surface area contributed by atoms with Gasteiger partial charge in [-0.2, -0.15) is 0 Å². The maximum Gasteiger partial charge on any atom is -1.00 e. The molecule has 0 fully saturated rings. The number of halogens is 2. The molecule has 0 unspecified atom stereocenters. The molecule has 0 N–H and O–H groups in total. The van der Waals surface area contributed by atoms with E-state index in [1.165, 1.54) is 44.5 Å². The van der Waals surface area contributed by atoms with Crippen molar-refractivity contribution in [3.63, 3.8) is 0 Å². The molecule has 0 heterocycles. The average Bonchev–Trinajstić information content (AvgIpc) is 3.58. The van der Waals surface area contributed by atoms with Crippen molar-refractivity contribution in [2.45, 2.75) is 59.9 Å². The van der Waals surface area contributed by atoms with E-state index in [1.54, 1.807) is 28.5 Å². The van der Waals surface area contributed by atoms with Gasteiger partial charge in [-0.3, -0.25) is 12.2 Å². The first-order valence-electron chi connectivity index (χ1n) is 13.3. The van der Waals surface area contributed by atoms with Crippen molar-refractivity contribution in [1.82, 2.24) is 0 Å². The molecule has 0 nitrogen and oxygen atoms in total. The molecule has 3 aromatic rings. The Kier molecular flexibility index (Phi) is 16.9. The second-order valence-electron chi connectivity index (χ2n) is 9.42. The van der Waals surface area contributed by atoms with E-state index in [-0.39, 0.29) is 30.2 Å². The fourth-order valence-electron chi connectivity index (χ4n) is 4.51. The Balaban J connectivity index is 0.000000292. The normalized spacial score (nSPS) is 13.1. The zero-order valence-electron chi connectivity index (χ0n) is 23.7. The van der Waals surface area contributed by atoms with Crippen LogP contribution < -0.4 is 30.0 Å². The van der Waals surface area contributed by atoms with Crippen molar-refractivity contribution in [3.8, 4) is 0 Å². The summed E-state index contributed by atoms with van der Waals surface area (Å²) in [5, 5.41) is 1.56. The maximum atomic E-state index is 3.34. The van der Waals surface area contributed by atoms with Crippen molar-refractivity contribution in [1.29, 1.82) is 0 Å².